The van der Waals surface area contributed by atoms with Gasteiger partial charge in [-0.3, -0.25) is 4.79 Å². The standard InChI is InChI=1S/C33H30F3N3O3/c34-23-5-1-20(2-6-23)27-8-7-24(17-32(27)42-26-12-14-38-19-26)39-33(40)22-4-10-31(41-25-11-13-37-18-25)28(15-22)21-3-9-29(35)30(36)16-21/h1-10,15-17,25-26,37-38H,11-14,18-19H2,(H,39,40)/t25-,26-/m0/s1. The SMILES string of the molecule is O=C(Nc1ccc(-c2ccc(F)cc2)c(O[C@H]2CCNC2)c1)c1ccc(O[C@H]2CCNC2)c(-c2ccc(F)c(F)c2)c1. The molecule has 42 heavy (non-hydrogen) atoms. The van der Waals surface area contributed by atoms with Crippen molar-refractivity contribution in [3.63, 3.8) is 0 Å². The van der Waals surface area contributed by atoms with Crippen molar-refractivity contribution in [3.05, 3.63) is 102 Å². The number of nitrogens with one attached hydrogen (secondary N) is 3. The summed E-state index contributed by atoms with van der Waals surface area (Å²) in [5.41, 5.74) is 3.28. The van der Waals surface area contributed by atoms with Gasteiger partial charge in [0.1, 0.15) is 29.5 Å². The van der Waals surface area contributed by atoms with Gasteiger partial charge in [-0.05, 0) is 91.7 Å². The summed E-state index contributed by atoms with van der Waals surface area (Å²) >= 11 is 0. The van der Waals surface area contributed by atoms with E-state index in [2.05, 4.69) is 16.0 Å². The second kappa shape index (κ2) is 12.3. The smallest absolute Gasteiger partial charge is 0.255 e. The van der Waals surface area contributed by atoms with Gasteiger partial charge >= 0.3 is 0 Å². The zero-order valence-electron chi connectivity index (χ0n) is 22.8. The van der Waals surface area contributed by atoms with Crippen LogP contribution >= 0.6 is 0 Å². The number of halogens is 3. The van der Waals surface area contributed by atoms with Crippen LogP contribution in [-0.2, 0) is 0 Å². The van der Waals surface area contributed by atoms with Crippen molar-refractivity contribution in [2.45, 2.75) is 25.0 Å². The lowest BCUT2D eigenvalue weighted by Gasteiger charge is -2.19. The zero-order valence-corrected chi connectivity index (χ0v) is 22.8. The molecule has 0 aliphatic carbocycles. The average Bonchev–Trinajstić information content (AvgIpc) is 3.70. The van der Waals surface area contributed by atoms with E-state index in [0.29, 0.717) is 47.0 Å². The lowest BCUT2D eigenvalue weighted by molar-refractivity contribution is 0.102. The van der Waals surface area contributed by atoms with Crippen molar-refractivity contribution in [2.24, 2.45) is 0 Å². The predicted octanol–water partition coefficient (Wildman–Crippen LogP) is 6.17. The maximum absolute atomic E-state index is 14.2. The van der Waals surface area contributed by atoms with Gasteiger partial charge < -0.3 is 25.4 Å². The number of carbonyl (C=O) groups is 1. The molecule has 2 aliphatic rings. The van der Waals surface area contributed by atoms with Crippen LogP contribution in [0.2, 0.25) is 0 Å². The molecular weight excluding hydrogens is 543 g/mol. The number of carbonyl (C=O) groups excluding carboxylic acids is 1. The molecular formula is C33H30F3N3O3. The van der Waals surface area contributed by atoms with E-state index in [4.69, 9.17) is 9.47 Å². The van der Waals surface area contributed by atoms with Crippen LogP contribution in [0.15, 0.2) is 78.9 Å². The summed E-state index contributed by atoms with van der Waals surface area (Å²) in [7, 11) is 0. The Bertz CT molecular complexity index is 1580. The summed E-state index contributed by atoms with van der Waals surface area (Å²) in [6.45, 7) is 3.06. The van der Waals surface area contributed by atoms with E-state index in [-0.39, 0.29) is 18.0 Å². The molecule has 0 spiro atoms. The molecule has 0 aromatic heterocycles. The molecule has 0 saturated carbocycles. The molecule has 0 unspecified atom stereocenters. The minimum Gasteiger partial charge on any atom is -0.488 e. The first-order chi connectivity index (χ1) is 20.4. The minimum absolute atomic E-state index is 0.0311. The van der Waals surface area contributed by atoms with E-state index < -0.39 is 17.5 Å². The van der Waals surface area contributed by atoms with Gasteiger partial charge in [-0.25, -0.2) is 13.2 Å². The number of benzene rings is 4. The van der Waals surface area contributed by atoms with Gasteiger partial charge in [0.25, 0.3) is 5.91 Å². The molecule has 2 aliphatic heterocycles. The molecule has 3 N–H and O–H groups in total. The highest BCUT2D eigenvalue weighted by atomic mass is 19.2. The van der Waals surface area contributed by atoms with Crippen LogP contribution in [0.25, 0.3) is 22.3 Å². The van der Waals surface area contributed by atoms with Crippen LogP contribution < -0.4 is 25.4 Å². The Morgan fingerprint density at radius 3 is 2.05 bits per heavy atom. The van der Waals surface area contributed by atoms with Crippen LogP contribution in [0.5, 0.6) is 11.5 Å². The van der Waals surface area contributed by atoms with Gasteiger partial charge in [0, 0.05) is 41.5 Å². The lowest BCUT2D eigenvalue weighted by Crippen LogP contribution is -2.20. The zero-order chi connectivity index (χ0) is 29.1. The Morgan fingerprint density at radius 2 is 1.38 bits per heavy atom. The van der Waals surface area contributed by atoms with Gasteiger partial charge in [0.05, 0.1) is 0 Å². The van der Waals surface area contributed by atoms with Gasteiger partial charge in [-0.1, -0.05) is 18.2 Å². The van der Waals surface area contributed by atoms with E-state index >= 15 is 0 Å². The number of hydrogen-bond donors (Lipinski definition) is 3. The molecule has 0 radical (unpaired) electrons. The fourth-order valence-electron chi connectivity index (χ4n) is 5.25. The second-order valence-corrected chi connectivity index (χ2v) is 10.5. The predicted molar refractivity (Wildman–Crippen MR) is 155 cm³/mol. The first kappa shape index (κ1) is 27.8. The summed E-state index contributed by atoms with van der Waals surface area (Å²) in [6, 6.07) is 20.1. The molecule has 216 valence electrons. The van der Waals surface area contributed by atoms with Crippen LogP contribution in [0, 0.1) is 17.5 Å². The maximum Gasteiger partial charge on any atom is 0.255 e. The quantitative estimate of drug-likeness (QED) is 0.235. The highest BCUT2D eigenvalue weighted by Gasteiger charge is 2.22. The van der Waals surface area contributed by atoms with Crippen molar-refractivity contribution in [1.29, 1.82) is 0 Å². The molecule has 2 fully saturated rings. The third kappa shape index (κ3) is 6.27. The normalized spacial score (nSPS) is 18.2. The first-order valence-corrected chi connectivity index (χ1v) is 14.0. The Balaban J connectivity index is 1.29. The topological polar surface area (TPSA) is 71.6 Å². The van der Waals surface area contributed by atoms with Crippen LogP contribution in [0.4, 0.5) is 18.9 Å². The van der Waals surface area contributed by atoms with Crippen molar-refractivity contribution in [1.82, 2.24) is 10.6 Å². The Hall–Kier alpha value is -4.34. The van der Waals surface area contributed by atoms with Gasteiger partial charge in [-0.2, -0.15) is 0 Å². The summed E-state index contributed by atoms with van der Waals surface area (Å²) < 4.78 is 53.9. The van der Waals surface area contributed by atoms with Crippen LogP contribution in [0.3, 0.4) is 0 Å². The molecule has 4 aromatic carbocycles. The van der Waals surface area contributed by atoms with Crippen molar-refractivity contribution in [3.8, 4) is 33.8 Å². The number of hydrogen-bond acceptors (Lipinski definition) is 5. The van der Waals surface area contributed by atoms with Crippen LogP contribution in [-0.4, -0.2) is 44.3 Å². The highest BCUT2D eigenvalue weighted by molar-refractivity contribution is 6.05. The molecule has 2 atom stereocenters. The fourth-order valence-corrected chi connectivity index (χ4v) is 5.25. The Kier molecular flexibility index (Phi) is 8.12. The average molecular weight is 574 g/mol. The van der Waals surface area contributed by atoms with Gasteiger partial charge in [0.15, 0.2) is 11.6 Å². The van der Waals surface area contributed by atoms with E-state index in [1.165, 1.54) is 18.2 Å². The van der Waals surface area contributed by atoms with E-state index in [1.54, 1.807) is 42.5 Å². The molecule has 4 aromatic rings. The van der Waals surface area contributed by atoms with Gasteiger partial charge in [-0.15, -0.1) is 0 Å². The monoisotopic (exact) mass is 573 g/mol. The summed E-state index contributed by atoms with van der Waals surface area (Å²) in [6.07, 6.45) is 1.56. The lowest BCUT2D eigenvalue weighted by atomic mass is 10.0. The summed E-state index contributed by atoms with van der Waals surface area (Å²) in [4.78, 5) is 13.4. The number of rotatable bonds is 8. The molecule has 1 amide bonds. The third-order valence-corrected chi connectivity index (χ3v) is 7.48. The van der Waals surface area contributed by atoms with Crippen molar-refractivity contribution < 1.29 is 27.4 Å². The minimum atomic E-state index is -0.984. The maximum atomic E-state index is 14.2. The summed E-state index contributed by atoms with van der Waals surface area (Å²) in [5, 5.41) is 9.44. The first-order valence-electron chi connectivity index (χ1n) is 14.0. The van der Waals surface area contributed by atoms with Gasteiger partial charge in [0.2, 0.25) is 0 Å². The highest BCUT2D eigenvalue weighted by Crippen LogP contribution is 2.36. The van der Waals surface area contributed by atoms with E-state index in [9.17, 15) is 18.0 Å². The number of ether oxygens (including phenoxy) is 2. The Labute approximate surface area is 241 Å². The fraction of sp³-hybridized carbons (Fsp3) is 0.242. The van der Waals surface area contributed by atoms with Crippen molar-refractivity contribution >= 4 is 11.6 Å². The molecule has 2 saturated heterocycles. The number of anilines is 1. The Morgan fingerprint density at radius 1 is 0.690 bits per heavy atom. The third-order valence-electron chi connectivity index (χ3n) is 7.48. The van der Waals surface area contributed by atoms with Crippen LogP contribution in [0.1, 0.15) is 23.2 Å². The molecule has 9 heteroatoms. The molecule has 0 bridgehead atoms. The van der Waals surface area contributed by atoms with E-state index in [0.717, 1.165) is 49.2 Å². The van der Waals surface area contributed by atoms with E-state index in [1.807, 2.05) is 6.07 Å². The largest absolute Gasteiger partial charge is 0.488 e. The molecule has 6 nitrogen and oxygen atoms in total. The molecule has 6 rings (SSSR count). The molecule has 2 heterocycles. The number of amides is 1. The second-order valence-electron chi connectivity index (χ2n) is 10.5. The summed E-state index contributed by atoms with van der Waals surface area (Å²) in [5.74, 6) is -1.60. The van der Waals surface area contributed by atoms with Crippen molar-refractivity contribution in [2.75, 3.05) is 31.5 Å².